The maximum Gasteiger partial charge on any atom is 0.188 e. The quantitative estimate of drug-likeness (QED) is 0.149. The van der Waals surface area contributed by atoms with Gasteiger partial charge in [-0.1, -0.05) is 144 Å². The van der Waals surface area contributed by atoms with Crippen molar-refractivity contribution in [3.8, 4) is 73.9 Å². The number of hydrogen-bond donors (Lipinski definition) is 0. The molecule has 12 rings (SSSR count). The Labute approximate surface area is 515 Å². The third kappa shape index (κ3) is 10.4. The highest BCUT2D eigenvalue weighted by molar-refractivity contribution is 6.13. The molecule has 0 bridgehead atoms. The van der Waals surface area contributed by atoms with Crippen molar-refractivity contribution in [2.75, 3.05) is 0 Å². The molecule has 426 valence electrons. The summed E-state index contributed by atoms with van der Waals surface area (Å²) in [6.07, 6.45) is 0. The normalized spacial score (nSPS) is 12.0. The van der Waals surface area contributed by atoms with Gasteiger partial charge in [0.2, 0.25) is 0 Å². The number of benzene rings is 9. The van der Waals surface area contributed by atoms with Gasteiger partial charge in [-0.05, 0) is 180 Å². The third-order valence-corrected chi connectivity index (χ3v) is 16.8. The van der Waals surface area contributed by atoms with E-state index in [9.17, 15) is 5.26 Å². The summed E-state index contributed by atoms with van der Waals surface area (Å²) in [5.74, 6) is 1.56. The molecule has 10 nitrogen and oxygen atoms in total. The first-order valence-electron chi connectivity index (χ1n) is 29.4. The number of nitriles is 1. The second-order valence-electron chi connectivity index (χ2n) is 27.0. The molecule has 0 amide bonds. The zero-order valence-electron chi connectivity index (χ0n) is 51.6. The molecule has 0 radical (unpaired) electrons. The summed E-state index contributed by atoms with van der Waals surface area (Å²) in [5.41, 5.74) is 17.1. The number of nitrogens with zero attached hydrogens (tertiary/aromatic N) is 10. The fraction of sp³-hybridized carbons (Fsp3) is 0.205. The predicted octanol–water partition coefficient (Wildman–Crippen LogP) is 21.7. The Hall–Kier alpha value is -11.0. The van der Waals surface area contributed by atoms with E-state index >= 15 is 0 Å². The molecule has 0 spiro atoms. The van der Waals surface area contributed by atoms with Gasteiger partial charge in [-0.3, -0.25) is 0 Å². The Morgan fingerprint density at radius 3 is 1.16 bits per heavy atom. The van der Waals surface area contributed by atoms with Crippen LogP contribution in [0.3, 0.4) is 0 Å². The Balaban J connectivity index is 1.24. The molecule has 0 atom stereocenters. The molecule has 0 aliphatic heterocycles. The minimum absolute atomic E-state index is 0.190. The van der Waals surface area contributed by atoms with E-state index in [1.165, 1.54) is 22.3 Å². The first-order valence-corrected chi connectivity index (χ1v) is 29.4. The first kappa shape index (κ1) is 57.5. The summed E-state index contributed by atoms with van der Waals surface area (Å²) in [6, 6.07) is 59.1. The average Bonchev–Trinajstić information content (AvgIpc) is 1.67. The van der Waals surface area contributed by atoms with Crippen molar-refractivity contribution < 1.29 is 0 Å². The molecule has 0 aliphatic rings. The van der Waals surface area contributed by atoms with Crippen LogP contribution in [0, 0.1) is 37.6 Å². The van der Waals surface area contributed by atoms with E-state index in [1.54, 1.807) is 6.07 Å². The maximum atomic E-state index is 10.3. The largest absolute Gasteiger partial charge is 0.309 e. The molecule has 3 aromatic heterocycles. The second-order valence-corrected chi connectivity index (χ2v) is 27.0. The van der Waals surface area contributed by atoms with Gasteiger partial charge in [-0.2, -0.15) is 5.26 Å². The van der Waals surface area contributed by atoms with E-state index in [4.69, 9.17) is 41.2 Å². The Morgan fingerprint density at radius 1 is 0.341 bits per heavy atom. The van der Waals surface area contributed by atoms with Gasteiger partial charge < -0.3 is 9.13 Å². The predicted molar refractivity (Wildman–Crippen MR) is 360 cm³/mol. The van der Waals surface area contributed by atoms with Crippen LogP contribution >= 0.6 is 0 Å². The van der Waals surface area contributed by atoms with E-state index < -0.39 is 0 Å². The molecule has 0 fully saturated rings. The van der Waals surface area contributed by atoms with Crippen LogP contribution in [0.1, 0.15) is 111 Å². The Bertz CT molecular complexity index is 4840. The lowest BCUT2D eigenvalue weighted by Gasteiger charge is -2.26. The van der Waals surface area contributed by atoms with Crippen LogP contribution in [-0.2, 0) is 21.7 Å². The fourth-order valence-corrected chi connectivity index (χ4v) is 11.8. The van der Waals surface area contributed by atoms with Gasteiger partial charge in [-0.25, -0.2) is 34.3 Å². The topological polar surface area (TPSA) is 89.8 Å². The summed E-state index contributed by atoms with van der Waals surface area (Å²) in [6.45, 7) is 59.1. The molecule has 0 unspecified atom stereocenters. The third-order valence-electron chi connectivity index (χ3n) is 16.8. The summed E-state index contributed by atoms with van der Waals surface area (Å²) in [7, 11) is 0. The van der Waals surface area contributed by atoms with Crippen LogP contribution in [0.4, 0.5) is 22.7 Å². The zero-order chi connectivity index (χ0) is 62.4. The molecule has 10 heteroatoms. The van der Waals surface area contributed by atoms with Crippen molar-refractivity contribution in [2.45, 2.75) is 105 Å². The summed E-state index contributed by atoms with van der Waals surface area (Å²) in [4.78, 5) is 31.9. The van der Waals surface area contributed by atoms with Gasteiger partial charge in [0.15, 0.2) is 40.2 Å². The van der Waals surface area contributed by atoms with Crippen molar-refractivity contribution in [3.63, 3.8) is 0 Å². The van der Waals surface area contributed by atoms with Crippen molar-refractivity contribution in [2.24, 2.45) is 0 Å². The maximum absolute atomic E-state index is 10.3. The summed E-state index contributed by atoms with van der Waals surface area (Å²) < 4.78 is 4.43. The van der Waals surface area contributed by atoms with E-state index in [1.807, 2.05) is 91.0 Å². The molecule has 88 heavy (non-hydrogen) atoms. The Morgan fingerprint density at radius 2 is 0.727 bits per heavy atom. The smallest absolute Gasteiger partial charge is 0.188 e. The molecular weight excluding hydrogens is 1080 g/mol. The highest BCUT2D eigenvalue weighted by Gasteiger charge is 2.28. The second kappa shape index (κ2) is 21.2. The fourth-order valence-electron chi connectivity index (χ4n) is 11.8. The van der Waals surface area contributed by atoms with Gasteiger partial charge >= 0.3 is 0 Å². The van der Waals surface area contributed by atoms with Crippen molar-refractivity contribution in [1.82, 2.24) is 24.1 Å². The molecule has 12 aromatic rings. The lowest BCUT2D eigenvalue weighted by molar-refractivity contribution is 0.568. The van der Waals surface area contributed by atoms with Gasteiger partial charge in [0.05, 0.1) is 71.4 Å². The van der Waals surface area contributed by atoms with Gasteiger partial charge in [0, 0.05) is 33.2 Å². The van der Waals surface area contributed by atoms with E-state index in [0.717, 1.165) is 93.9 Å². The van der Waals surface area contributed by atoms with Crippen molar-refractivity contribution in [1.29, 1.82) is 5.26 Å². The molecular formula is C78H64N10. The molecule has 3 heterocycles. The lowest BCUT2D eigenvalue weighted by Crippen LogP contribution is -2.17. The Kier molecular flexibility index (Phi) is 13.9. The number of aromatic nitrogens is 5. The first-order chi connectivity index (χ1) is 41.8. The highest BCUT2D eigenvalue weighted by Crippen LogP contribution is 2.46. The highest BCUT2D eigenvalue weighted by atomic mass is 15.0. The van der Waals surface area contributed by atoms with E-state index in [0.29, 0.717) is 45.8 Å². The number of rotatable bonds is 7. The van der Waals surface area contributed by atoms with Crippen LogP contribution < -0.4 is 0 Å². The van der Waals surface area contributed by atoms with Crippen LogP contribution in [0.5, 0.6) is 0 Å². The SMILES string of the molecule is [C-]#[N+]c1cccc(-c2ccc(-c3cc(-c4nc(-c5cc(C(C)(C)C)cc(C(C)(C)C)c5)nc(-c5cc(C(C)(C)C)cc(C(C)(C)C)c5)n4)ccc3-n3c4ccc(C#N)cc4c4cc([N+]#[C-])ccc43)c(-n3c4ccc([N+]#[C-])cc4c4cc([N+]#[C-])ccc43)c2)c1. The van der Waals surface area contributed by atoms with Crippen LogP contribution in [0.2, 0.25) is 0 Å². The van der Waals surface area contributed by atoms with Crippen LogP contribution in [0.15, 0.2) is 170 Å². The molecule has 9 aromatic carbocycles. The monoisotopic (exact) mass is 1140 g/mol. The van der Waals surface area contributed by atoms with Gasteiger partial charge in [0.1, 0.15) is 0 Å². The van der Waals surface area contributed by atoms with Crippen molar-refractivity contribution in [3.05, 3.63) is 243 Å². The molecule has 0 saturated carbocycles. The minimum atomic E-state index is -0.190. The molecule has 0 aliphatic carbocycles. The summed E-state index contributed by atoms with van der Waals surface area (Å²) >= 11 is 0. The number of hydrogen-bond acceptors (Lipinski definition) is 4. The zero-order valence-corrected chi connectivity index (χ0v) is 51.6. The van der Waals surface area contributed by atoms with Crippen molar-refractivity contribution >= 4 is 66.4 Å². The number of fused-ring (bicyclic) bond motifs is 6. The van der Waals surface area contributed by atoms with Crippen LogP contribution in [0.25, 0.3) is 131 Å². The molecule has 0 saturated heterocycles. The van der Waals surface area contributed by atoms with E-state index in [2.05, 4.69) is 190 Å². The minimum Gasteiger partial charge on any atom is -0.309 e. The molecule has 0 N–H and O–H groups in total. The van der Waals surface area contributed by atoms with Crippen LogP contribution in [-0.4, -0.2) is 24.1 Å². The lowest BCUT2D eigenvalue weighted by atomic mass is 9.79. The van der Waals surface area contributed by atoms with Gasteiger partial charge in [0.25, 0.3) is 0 Å². The van der Waals surface area contributed by atoms with Gasteiger partial charge in [-0.15, -0.1) is 0 Å². The standard InChI is InChI=1S/C78H64N10/c1-75(2,3)52-33-50(34-53(40-52)76(4,5)6)73-84-72(85-74(86-73)51-35-54(77(7,8)9)41-55(36-51)78(10,11)12)49-22-28-67(87-66-27-20-46(45-79)32-61(66)63-42-57(81-14)23-29-68(63)87)62(38-49)60-26-21-48(47-18-17-19-56(37-47)80-13)39-71(60)88-69-30-24-58(82-15)43-64(69)65-44-59(83-16)25-31-70(65)88/h17-44H,1-12H3. The van der Waals surface area contributed by atoms with E-state index in [-0.39, 0.29) is 21.7 Å². The average molecular weight is 1140 g/mol. The summed E-state index contributed by atoms with van der Waals surface area (Å²) in [5, 5.41) is 13.6.